The van der Waals surface area contributed by atoms with E-state index < -0.39 is 20.5 Å². The van der Waals surface area contributed by atoms with E-state index in [0.717, 1.165) is 18.9 Å². The summed E-state index contributed by atoms with van der Waals surface area (Å²) >= 11 is 0. The fraction of sp³-hybridized carbons (Fsp3) is 0.562. The number of hydrogen-bond acceptors (Lipinski definition) is 3. The summed E-state index contributed by atoms with van der Waals surface area (Å²) in [5.74, 6) is -2.20. The lowest BCUT2D eigenvalue weighted by Gasteiger charge is -2.21. The van der Waals surface area contributed by atoms with Gasteiger partial charge in [0.15, 0.2) is 0 Å². The first-order valence-electron chi connectivity index (χ1n) is 7.79. The van der Waals surface area contributed by atoms with Gasteiger partial charge in [0, 0.05) is 6.42 Å². The van der Waals surface area contributed by atoms with Crippen LogP contribution < -0.4 is 5.32 Å². The molecule has 0 heterocycles. The largest absolute Gasteiger partial charge is 0.341 e. The van der Waals surface area contributed by atoms with Gasteiger partial charge in [-0.2, -0.15) is 8.78 Å². The molecular weight excluding hydrogens is 324 g/mol. The van der Waals surface area contributed by atoms with Crippen LogP contribution in [0.4, 0.5) is 14.5 Å². The van der Waals surface area contributed by atoms with Crippen LogP contribution in [0.1, 0.15) is 32.1 Å². The minimum atomic E-state index is -4.74. The van der Waals surface area contributed by atoms with Gasteiger partial charge in [-0.05, 0) is 49.1 Å². The SMILES string of the molecule is O=C(CC1CC2CCC1C2)Nc1ccccc1S(=O)(=O)C(F)F. The Morgan fingerprint density at radius 2 is 1.96 bits per heavy atom. The second-order valence-electron chi connectivity index (χ2n) is 6.49. The highest BCUT2D eigenvalue weighted by atomic mass is 32.2. The minimum absolute atomic E-state index is 0.0686. The molecule has 1 aromatic carbocycles. The second kappa shape index (κ2) is 6.19. The van der Waals surface area contributed by atoms with Gasteiger partial charge in [-0.3, -0.25) is 4.79 Å². The number of halogens is 2. The highest BCUT2D eigenvalue weighted by molar-refractivity contribution is 7.91. The smallest absolute Gasteiger partial charge is 0.325 e. The fourth-order valence-corrected chi connectivity index (χ4v) is 4.87. The highest BCUT2D eigenvalue weighted by Crippen LogP contribution is 2.49. The van der Waals surface area contributed by atoms with Gasteiger partial charge in [0.2, 0.25) is 15.7 Å². The Kier molecular flexibility index (Phi) is 4.40. The standard InChI is InChI=1S/C16H19F2NO3S/c17-16(18)23(21,22)14-4-2-1-3-13(14)19-15(20)9-12-8-10-5-6-11(12)7-10/h1-4,10-12,16H,5-9H2,(H,19,20). The molecule has 23 heavy (non-hydrogen) atoms. The normalized spacial score (nSPS) is 26.7. The number of nitrogens with one attached hydrogen (secondary N) is 1. The van der Waals surface area contributed by atoms with Gasteiger partial charge in [0.1, 0.15) is 0 Å². The summed E-state index contributed by atoms with van der Waals surface area (Å²) < 4.78 is 48.9. The molecule has 2 bridgehead atoms. The highest BCUT2D eigenvalue weighted by Gasteiger charge is 2.40. The van der Waals surface area contributed by atoms with Gasteiger partial charge >= 0.3 is 5.76 Å². The first kappa shape index (κ1) is 16.4. The van der Waals surface area contributed by atoms with E-state index in [1.807, 2.05) is 0 Å². The summed E-state index contributed by atoms with van der Waals surface area (Å²) in [6.45, 7) is 0. The van der Waals surface area contributed by atoms with Crippen molar-refractivity contribution >= 4 is 21.4 Å². The molecule has 3 rings (SSSR count). The van der Waals surface area contributed by atoms with Gasteiger partial charge in [0.25, 0.3) is 0 Å². The van der Waals surface area contributed by atoms with Crippen molar-refractivity contribution in [1.82, 2.24) is 0 Å². The number of sulfone groups is 1. The zero-order chi connectivity index (χ0) is 16.6. The quantitative estimate of drug-likeness (QED) is 0.891. The number of anilines is 1. The Bertz CT molecular complexity index is 705. The lowest BCUT2D eigenvalue weighted by molar-refractivity contribution is -0.117. The molecule has 0 aromatic heterocycles. The van der Waals surface area contributed by atoms with Crippen molar-refractivity contribution in [3.05, 3.63) is 24.3 Å². The molecule has 2 saturated carbocycles. The van der Waals surface area contributed by atoms with Crippen LogP contribution in [0.2, 0.25) is 0 Å². The Labute approximate surface area is 134 Å². The first-order chi connectivity index (χ1) is 10.9. The summed E-state index contributed by atoms with van der Waals surface area (Å²) in [5, 5.41) is 2.51. The number of carbonyl (C=O) groups excluding carboxylic acids is 1. The molecule has 0 saturated heterocycles. The van der Waals surface area contributed by atoms with Gasteiger partial charge in [0.05, 0.1) is 10.6 Å². The summed E-state index contributed by atoms with van der Waals surface area (Å²) in [7, 11) is -4.74. The van der Waals surface area contributed by atoms with Crippen LogP contribution in [0.3, 0.4) is 0 Å². The summed E-state index contributed by atoms with van der Waals surface area (Å²) in [6.07, 6.45) is 4.92. The van der Waals surface area contributed by atoms with Crippen molar-refractivity contribution < 1.29 is 22.0 Å². The van der Waals surface area contributed by atoms with Gasteiger partial charge < -0.3 is 5.32 Å². The van der Waals surface area contributed by atoms with Crippen molar-refractivity contribution in [2.24, 2.45) is 17.8 Å². The van der Waals surface area contributed by atoms with Crippen molar-refractivity contribution in [2.45, 2.75) is 42.8 Å². The molecule has 7 heteroatoms. The fourth-order valence-electron chi connectivity index (χ4n) is 3.98. The molecule has 4 nitrogen and oxygen atoms in total. The van der Waals surface area contributed by atoms with Gasteiger partial charge in [-0.25, -0.2) is 8.42 Å². The molecule has 0 radical (unpaired) electrons. The summed E-state index contributed by atoms with van der Waals surface area (Å²) in [4.78, 5) is 11.7. The average molecular weight is 343 g/mol. The third-order valence-corrected chi connectivity index (χ3v) is 6.47. The Morgan fingerprint density at radius 3 is 2.57 bits per heavy atom. The van der Waals surface area contributed by atoms with Crippen molar-refractivity contribution in [3.63, 3.8) is 0 Å². The number of amides is 1. The third kappa shape index (κ3) is 3.24. The van der Waals surface area contributed by atoms with E-state index in [1.165, 1.54) is 31.0 Å². The molecule has 1 amide bonds. The van der Waals surface area contributed by atoms with Crippen LogP contribution in [0.5, 0.6) is 0 Å². The molecule has 2 aliphatic carbocycles. The van der Waals surface area contributed by atoms with Crippen molar-refractivity contribution in [3.8, 4) is 0 Å². The predicted molar refractivity (Wildman–Crippen MR) is 81.8 cm³/mol. The zero-order valence-electron chi connectivity index (χ0n) is 12.5. The molecule has 0 aliphatic heterocycles. The topological polar surface area (TPSA) is 63.2 Å². The van der Waals surface area contributed by atoms with E-state index in [1.54, 1.807) is 0 Å². The van der Waals surface area contributed by atoms with Crippen LogP contribution in [0.15, 0.2) is 29.2 Å². The van der Waals surface area contributed by atoms with Crippen molar-refractivity contribution in [1.29, 1.82) is 0 Å². The maximum atomic E-state index is 12.7. The maximum absolute atomic E-state index is 12.7. The molecule has 3 atom stereocenters. The Hall–Kier alpha value is -1.50. The van der Waals surface area contributed by atoms with E-state index in [4.69, 9.17) is 0 Å². The number of alkyl halides is 2. The monoisotopic (exact) mass is 343 g/mol. The maximum Gasteiger partial charge on any atom is 0.341 e. The van der Waals surface area contributed by atoms with Crippen LogP contribution in [-0.2, 0) is 14.6 Å². The summed E-state index contributed by atoms with van der Waals surface area (Å²) in [5.41, 5.74) is -0.0686. The molecule has 1 N–H and O–H groups in total. The van der Waals surface area contributed by atoms with Gasteiger partial charge in [-0.15, -0.1) is 0 Å². The van der Waals surface area contributed by atoms with Crippen LogP contribution in [0, 0.1) is 17.8 Å². The number of benzene rings is 1. The molecule has 1 aromatic rings. The molecule has 3 unspecified atom stereocenters. The van der Waals surface area contributed by atoms with Crippen LogP contribution >= 0.6 is 0 Å². The number of para-hydroxylation sites is 1. The van der Waals surface area contributed by atoms with E-state index in [-0.39, 0.29) is 11.6 Å². The Morgan fingerprint density at radius 1 is 1.22 bits per heavy atom. The predicted octanol–water partition coefficient (Wildman–Crippen LogP) is 3.45. The minimum Gasteiger partial charge on any atom is -0.325 e. The summed E-state index contributed by atoms with van der Waals surface area (Å²) in [6, 6.07) is 5.31. The van der Waals surface area contributed by atoms with E-state index >= 15 is 0 Å². The lowest BCUT2D eigenvalue weighted by Crippen LogP contribution is -2.22. The Balaban J connectivity index is 1.72. The van der Waals surface area contributed by atoms with E-state index in [9.17, 15) is 22.0 Å². The second-order valence-corrected chi connectivity index (χ2v) is 8.38. The number of rotatable bonds is 5. The first-order valence-corrected chi connectivity index (χ1v) is 9.33. The average Bonchev–Trinajstić information content (AvgIpc) is 3.10. The van der Waals surface area contributed by atoms with Gasteiger partial charge in [-0.1, -0.05) is 18.6 Å². The molecule has 2 aliphatic rings. The van der Waals surface area contributed by atoms with Crippen LogP contribution in [0.25, 0.3) is 0 Å². The zero-order valence-corrected chi connectivity index (χ0v) is 13.4. The van der Waals surface area contributed by atoms with E-state index in [0.29, 0.717) is 24.2 Å². The third-order valence-electron chi connectivity index (χ3n) is 5.03. The number of carbonyl (C=O) groups is 1. The number of fused-ring (bicyclic) bond motifs is 2. The number of hydrogen-bond donors (Lipinski definition) is 1. The van der Waals surface area contributed by atoms with E-state index in [2.05, 4.69) is 5.32 Å². The molecular formula is C16H19F2NO3S. The van der Waals surface area contributed by atoms with Crippen LogP contribution in [-0.4, -0.2) is 20.1 Å². The molecule has 126 valence electrons. The van der Waals surface area contributed by atoms with Crippen molar-refractivity contribution in [2.75, 3.05) is 5.32 Å². The lowest BCUT2D eigenvalue weighted by atomic mass is 9.86. The molecule has 2 fully saturated rings. The molecule has 0 spiro atoms.